The summed E-state index contributed by atoms with van der Waals surface area (Å²) < 4.78 is 16.6. The lowest BCUT2D eigenvalue weighted by atomic mass is 9.94. The van der Waals surface area contributed by atoms with Crippen LogP contribution >= 0.6 is 0 Å². The van der Waals surface area contributed by atoms with Crippen LogP contribution < -0.4 is 14.2 Å². The van der Waals surface area contributed by atoms with E-state index in [1.807, 2.05) is 43.3 Å². The van der Waals surface area contributed by atoms with Gasteiger partial charge in [-0.1, -0.05) is 30.3 Å². The Balaban J connectivity index is 1.71. The van der Waals surface area contributed by atoms with Crippen LogP contribution in [0.25, 0.3) is 16.3 Å². The highest BCUT2D eigenvalue weighted by molar-refractivity contribution is 6.20. The van der Waals surface area contributed by atoms with Crippen molar-refractivity contribution in [1.29, 1.82) is 0 Å². The van der Waals surface area contributed by atoms with Gasteiger partial charge in [-0.05, 0) is 48.2 Å². The predicted molar refractivity (Wildman–Crippen MR) is 101 cm³/mol. The van der Waals surface area contributed by atoms with E-state index in [-0.39, 0.29) is 5.97 Å². The van der Waals surface area contributed by atoms with Gasteiger partial charge in [-0.2, -0.15) is 0 Å². The maximum Gasteiger partial charge on any atom is 0.344 e. The topological polar surface area (TPSA) is 44.8 Å². The second kappa shape index (κ2) is 6.56. The number of methoxy groups -OCH3 is 1. The largest absolute Gasteiger partial charge is 0.497 e. The summed E-state index contributed by atoms with van der Waals surface area (Å²) in [5, 5.41) is 2.07. The maximum absolute atomic E-state index is 12.9. The van der Waals surface area contributed by atoms with E-state index in [1.54, 1.807) is 31.4 Å². The fraction of sp³-hybridized carbons (Fsp3) is 0.136. The van der Waals surface area contributed by atoms with Crippen molar-refractivity contribution in [2.24, 2.45) is 0 Å². The first-order valence-corrected chi connectivity index (χ1v) is 8.38. The quantitative estimate of drug-likeness (QED) is 0.513. The number of esters is 1. The number of rotatable bonds is 3. The number of hydrogen-bond donors (Lipinski definition) is 0. The lowest BCUT2D eigenvalue weighted by molar-refractivity contribution is -0.128. The standard InChI is InChI=1S/C22H18O4/c1-14-13-25-21-18-6-4-3-5-15(18)7-12-19(21)20(14)22(23)26-17-10-8-16(24-2)9-11-17/h3-12H,13H2,1-2H3. The molecule has 0 atom stereocenters. The minimum atomic E-state index is -0.382. The summed E-state index contributed by atoms with van der Waals surface area (Å²) in [6.07, 6.45) is 0. The van der Waals surface area contributed by atoms with Gasteiger partial charge in [0.2, 0.25) is 0 Å². The number of carbonyl (C=O) groups is 1. The van der Waals surface area contributed by atoms with Crippen molar-refractivity contribution in [3.8, 4) is 17.2 Å². The predicted octanol–water partition coefficient (Wildman–Crippen LogP) is 4.62. The van der Waals surface area contributed by atoms with Gasteiger partial charge >= 0.3 is 5.97 Å². The minimum absolute atomic E-state index is 0.369. The highest BCUT2D eigenvalue weighted by atomic mass is 16.5. The number of benzene rings is 3. The third-order valence-electron chi connectivity index (χ3n) is 4.48. The zero-order valence-electron chi connectivity index (χ0n) is 14.6. The van der Waals surface area contributed by atoms with Crippen LogP contribution in [0.5, 0.6) is 17.2 Å². The molecule has 4 nitrogen and oxygen atoms in total. The van der Waals surface area contributed by atoms with Gasteiger partial charge in [0, 0.05) is 10.9 Å². The van der Waals surface area contributed by atoms with Crippen LogP contribution in [-0.2, 0) is 4.79 Å². The van der Waals surface area contributed by atoms with Gasteiger partial charge in [0.05, 0.1) is 12.7 Å². The van der Waals surface area contributed by atoms with Gasteiger partial charge in [0.15, 0.2) is 0 Å². The summed E-state index contributed by atoms with van der Waals surface area (Å²) in [5.74, 6) is 1.54. The Hall–Kier alpha value is -3.27. The summed E-state index contributed by atoms with van der Waals surface area (Å²) in [6.45, 7) is 2.26. The zero-order valence-corrected chi connectivity index (χ0v) is 14.6. The van der Waals surface area contributed by atoms with E-state index >= 15 is 0 Å². The monoisotopic (exact) mass is 346 g/mol. The molecule has 0 aromatic heterocycles. The highest BCUT2D eigenvalue weighted by Crippen LogP contribution is 2.39. The molecule has 1 aliphatic heterocycles. The van der Waals surface area contributed by atoms with Gasteiger partial charge in [-0.15, -0.1) is 0 Å². The van der Waals surface area contributed by atoms with Crippen molar-refractivity contribution < 1.29 is 19.0 Å². The molecule has 26 heavy (non-hydrogen) atoms. The van der Waals surface area contributed by atoms with E-state index in [0.717, 1.165) is 27.7 Å². The van der Waals surface area contributed by atoms with Crippen LogP contribution in [0.15, 0.2) is 66.2 Å². The molecular formula is C22H18O4. The SMILES string of the molecule is COc1ccc(OC(=O)C2=C(C)COc3c2ccc2ccccc32)cc1. The van der Waals surface area contributed by atoms with Crippen LogP contribution in [0.1, 0.15) is 12.5 Å². The van der Waals surface area contributed by atoms with Crippen LogP contribution in [0.3, 0.4) is 0 Å². The van der Waals surface area contributed by atoms with Crippen molar-refractivity contribution in [3.63, 3.8) is 0 Å². The molecule has 0 saturated heterocycles. The van der Waals surface area contributed by atoms with Gasteiger partial charge in [-0.3, -0.25) is 0 Å². The number of hydrogen-bond acceptors (Lipinski definition) is 4. The first-order chi connectivity index (χ1) is 12.7. The fourth-order valence-corrected chi connectivity index (χ4v) is 3.16. The van der Waals surface area contributed by atoms with E-state index in [9.17, 15) is 4.79 Å². The van der Waals surface area contributed by atoms with Crippen molar-refractivity contribution in [2.45, 2.75) is 6.92 Å². The first kappa shape index (κ1) is 16.2. The lowest BCUT2D eigenvalue weighted by Gasteiger charge is -2.23. The molecule has 3 aromatic carbocycles. The number of ether oxygens (including phenoxy) is 3. The number of fused-ring (bicyclic) bond motifs is 3. The highest BCUT2D eigenvalue weighted by Gasteiger charge is 2.26. The Bertz CT molecular complexity index is 1020. The summed E-state index contributed by atoms with van der Waals surface area (Å²) in [7, 11) is 1.60. The third-order valence-corrected chi connectivity index (χ3v) is 4.48. The molecule has 4 heteroatoms. The maximum atomic E-state index is 12.9. The van der Waals surface area contributed by atoms with E-state index in [4.69, 9.17) is 14.2 Å². The molecule has 0 N–H and O–H groups in total. The molecule has 0 amide bonds. The van der Waals surface area contributed by atoms with E-state index < -0.39 is 0 Å². The summed E-state index contributed by atoms with van der Waals surface area (Å²) >= 11 is 0. The van der Waals surface area contributed by atoms with Crippen molar-refractivity contribution >= 4 is 22.3 Å². The van der Waals surface area contributed by atoms with Crippen molar-refractivity contribution in [3.05, 3.63) is 71.8 Å². The van der Waals surface area contributed by atoms with Crippen molar-refractivity contribution in [2.75, 3.05) is 13.7 Å². The summed E-state index contributed by atoms with van der Waals surface area (Å²) in [5.41, 5.74) is 2.19. The molecule has 0 aliphatic carbocycles. The second-order valence-electron chi connectivity index (χ2n) is 6.17. The van der Waals surface area contributed by atoms with E-state index in [1.165, 1.54) is 0 Å². The first-order valence-electron chi connectivity index (χ1n) is 8.38. The smallest absolute Gasteiger partial charge is 0.344 e. The average Bonchev–Trinajstić information content (AvgIpc) is 2.68. The van der Waals surface area contributed by atoms with Gasteiger partial charge in [0.1, 0.15) is 23.9 Å². The van der Waals surface area contributed by atoms with Gasteiger partial charge in [-0.25, -0.2) is 4.79 Å². The molecule has 4 rings (SSSR count). The van der Waals surface area contributed by atoms with Crippen molar-refractivity contribution in [1.82, 2.24) is 0 Å². The minimum Gasteiger partial charge on any atom is -0.497 e. The molecule has 0 spiro atoms. The Morgan fingerprint density at radius 2 is 1.69 bits per heavy atom. The average molecular weight is 346 g/mol. The van der Waals surface area contributed by atoms with Crippen LogP contribution in [0.4, 0.5) is 0 Å². The Kier molecular flexibility index (Phi) is 4.09. The summed E-state index contributed by atoms with van der Waals surface area (Å²) in [4.78, 5) is 12.9. The molecule has 0 radical (unpaired) electrons. The van der Waals surface area contributed by atoms with Gasteiger partial charge < -0.3 is 14.2 Å². The molecule has 1 heterocycles. The molecule has 3 aromatic rings. The molecule has 0 fully saturated rings. The van der Waals surface area contributed by atoms with Crippen LogP contribution in [0.2, 0.25) is 0 Å². The zero-order chi connectivity index (χ0) is 18.1. The van der Waals surface area contributed by atoms with Crippen LogP contribution in [0, 0.1) is 0 Å². The molecule has 0 unspecified atom stereocenters. The molecule has 1 aliphatic rings. The summed E-state index contributed by atoms with van der Waals surface area (Å²) in [6, 6.07) is 18.8. The molecule has 130 valence electrons. The fourth-order valence-electron chi connectivity index (χ4n) is 3.16. The number of carbonyl (C=O) groups excluding carboxylic acids is 1. The second-order valence-corrected chi connectivity index (χ2v) is 6.17. The molecule has 0 bridgehead atoms. The molecule has 0 saturated carbocycles. The van der Waals surface area contributed by atoms with Gasteiger partial charge in [0.25, 0.3) is 0 Å². The Morgan fingerprint density at radius 3 is 2.46 bits per heavy atom. The third kappa shape index (κ3) is 2.80. The Labute approximate surface area is 151 Å². The van der Waals surface area contributed by atoms with E-state index in [0.29, 0.717) is 23.7 Å². The van der Waals surface area contributed by atoms with E-state index in [2.05, 4.69) is 0 Å². The van der Waals surface area contributed by atoms with Crippen LogP contribution in [-0.4, -0.2) is 19.7 Å². The Morgan fingerprint density at radius 1 is 0.962 bits per heavy atom. The normalized spacial score (nSPS) is 13.2. The molecular weight excluding hydrogens is 328 g/mol. The lowest BCUT2D eigenvalue weighted by Crippen LogP contribution is -2.19.